The van der Waals surface area contributed by atoms with Crippen molar-refractivity contribution in [2.24, 2.45) is 0 Å². The number of carbonyl (C=O) groups excluding carboxylic acids is 1. The van der Waals surface area contributed by atoms with E-state index in [1.54, 1.807) is 7.05 Å². The van der Waals surface area contributed by atoms with E-state index in [-0.39, 0.29) is 22.2 Å². The molecule has 0 aliphatic carbocycles. The Morgan fingerprint density at radius 1 is 1.19 bits per heavy atom. The Hall–Kier alpha value is -2.20. The molecule has 0 radical (unpaired) electrons. The third-order valence-electron chi connectivity index (χ3n) is 3.34. The van der Waals surface area contributed by atoms with Crippen LogP contribution < -0.4 is 0 Å². The van der Waals surface area contributed by atoms with Crippen molar-refractivity contribution in [3.8, 4) is 11.5 Å². The summed E-state index contributed by atoms with van der Waals surface area (Å²) in [5, 5.41) is 19.1. The summed E-state index contributed by atoms with van der Waals surface area (Å²) < 4.78 is 0. The fourth-order valence-electron chi connectivity index (χ4n) is 2.05. The van der Waals surface area contributed by atoms with Gasteiger partial charge in [0, 0.05) is 13.6 Å². The molecule has 2 rings (SSSR count). The first-order valence-corrected chi connectivity index (χ1v) is 6.80. The molecule has 0 aliphatic rings. The largest absolute Gasteiger partial charge is 0.506 e. The number of carbonyl (C=O) groups is 1. The lowest BCUT2D eigenvalue weighted by Gasteiger charge is -2.19. The summed E-state index contributed by atoms with van der Waals surface area (Å²) in [6.45, 7) is 2.39. The SMILES string of the molecule is Cc1ccccc1CN(C)C(=O)c1ccc(O)c(Cl)c1O. The van der Waals surface area contributed by atoms with Gasteiger partial charge < -0.3 is 15.1 Å². The average molecular weight is 306 g/mol. The minimum absolute atomic E-state index is 0.0638. The van der Waals surface area contributed by atoms with Crippen molar-refractivity contribution >= 4 is 17.5 Å². The molecule has 0 bridgehead atoms. The van der Waals surface area contributed by atoms with Crippen molar-refractivity contribution in [3.63, 3.8) is 0 Å². The Balaban J connectivity index is 2.24. The highest BCUT2D eigenvalue weighted by atomic mass is 35.5. The third-order valence-corrected chi connectivity index (χ3v) is 3.71. The lowest BCUT2D eigenvalue weighted by Crippen LogP contribution is -2.26. The van der Waals surface area contributed by atoms with E-state index in [0.717, 1.165) is 11.1 Å². The van der Waals surface area contributed by atoms with Crippen LogP contribution >= 0.6 is 11.6 Å². The summed E-state index contributed by atoms with van der Waals surface area (Å²) in [6.07, 6.45) is 0. The second-order valence-electron chi connectivity index (χ2n) is 4.88. The van der Waals surface area contributed by atoms with Gasteiger partial charge >= 0.3 is 0 Å². The van der Waals surface area contributed by atoms with Gasteiger partial charge in [-0.2, -0.15) is 0 Å². The van der Waals surface area contributed by atoms with Crippen molar-refractivity contribution in [2.45, 2.75) is 13.5 Å². The monoisotopic (exact) mass is 305 g/mol. The summed E-state index contributed by atoms with van der Waals surface area (Å²) in [5.41, 5.74) is 2.18. The van der Waals surface area contributed by atoms with Gasteiger partial charge in [0.25, 0.3) is 5.91 Å². The topological polar surface area (TPSA) is 60.8 Å². The van der Waals surface area contributed by atoms with Crippen LogP contribution in [0.25, 0.3) is 0 Å². The number of hydrogen-bond acceptors (Lipinski definition) is 3. The predicted octanol–water partition coefficient (Wildman–Crippen LogP) is 3.33. The number of hydrogen-bond donors (Lipinski definition) is 2. The number of halogens is 1. The molecule has 0 aromatic heterocycles. The van der Waals surface area contributed by atoms with Crippen LogP contribution in [-0.2, 0) is 6.54 Å². The maximum absolute atomic E-state index is 12.4. The molecular formula is C16H16ClNO3. The summed E-state index contributed by atoms with van der Waals surface area (Å²) in [6, 6.07) is 10.4. The maximum Gasteiger partial charge on any atom is 0.257 e. The second-order valence-corrected chi connectivity index (χ2v) is 5.26. The highest BCUT2D eigenvalue weighted by molar-refractivity contribution is 6.34. The van der Waals surface area contributed by atoms with Gasteiger partial charge in [-0.3, -0.25) is 4.79 Å². The van der Waals surface area contributed by atoms with Crippen molar-refractivity contribution in [1.82, 2.24) is 4.90 Å². The van der Waals surface area contributed by atoms with Crippen LogP contribution in [0.2, 0.25) is 5.02 Å². The van der Waals surface area contributed by atoms with E-state index in [4.69, 9.17) is 11.6 Å². The molecule has 0 spiro atoms. The summed E-state index contributed by atoms with van der Waals surface area (Å²) in [7, 11) is 1.65. The molecule has 1 amide bonds. The third kappa shape index (κ3) is 3.11. The maximum atomic E-state index is 12.4. The highest BCUT2D eigenvalue weighted by Gasteiger charge is 2.20. The number of phenols is 2. The van der Waals surface area contributed by atoms with Crippen LogP contribution in [0.3, 0.4) is 0 Å². The number of nitrogens with zero attached hydrogens (tertiary/aromatic N) is 1. The number of phenolic OH excluding ortho intramolecular Hbond substituents is 2. The summed E-state index contributed by atoms with van der Waals surface area (Å²) in [5.74, 6) is -1.02. The van der Waals surface area contributed by atoms with Crippen LogP contribution in [0, 0.1) is 6.92 Å². The number of aryl methyl sites for hydroxylation is 1. The van der Waals surface area contributed by atoms with E-state index >= 15 is 0 Å². The van der Waals surface area contributed by atoms with Crippen LogP contribution in [0.1, 0.15) is 21.5 Å². The van der Waals surface area contributed by atoms with E-state index in [1.165, 1.54) is 17.0 Å². The van der Waals surface area contributed by atoms with Crippen molar-refractivity contribution in [1.29, 1.82) is 0 Å². The lowest BCUT2D eigenvalue weighted by atomic mass is 10.1. The normalized spacial score (nSPS) is 10.4. The lowest BCUT2D eigenvalue weighted by molar-refractivity contribution is 0.0782. The molecule has 0 heterocycles. The average Bonchev–Trinajstić information content (AvgIpc) is 2.46. The quantitative estimate of drug-likeness (QED) is 0.914. The number of rotatable bonds is 3. The Kier molecular flexibility index (Phi) is 4.38. The number of amides is 1. The highest BCUT2D eigenvalue weighted by Crippen LogP contribution is 2.35. The molecular weight excluding hydrogens is 290 g/mol. The number of aromatic hydroxyl groups is 2. The minimum Gasteiger partial charge on any atom is -0.506 e. The molecule has 0 unspecified atom stereocenters. The molecule has 0 saturated carbocycles. The smallest absolute Gasteiger partial charge is 0.257 e. The molecule has 110 valence electrons. The standard InChI is InChI=1S/C16H16ClNO3/c1-10-5-3-4-6-11(10)9-18(2)16(21)12-7-8-13(19)14(17)15(12)20/h3-8,19-20H,9H2,1-2H3. The van der Waals surface area contributed by atoms with Crippen LogP contribution in [-0.4, -0.2) is 28.1 Å². The van der Waals surface area contributed by atoms with Crippen LogP contribution in [0.4, 0.5) is 0 Å². The van der Waals surface area contributed by atoms with E-state index < -0.39 is 5.75 Å². The molecule has 0 atom stereocenters. The Labute approximate surface area is 128 Å². The van der Waals surface area contributed by atoms with Gasteiger partial charge in [0.2, 0.25) is 0 Å². The Morgan fingerprint density at radius 3 is 2.52 bits per heavy atom. The zero-order chi connectivity index (χ0) is 15.6. The Bertz CT molecular complexity index is 685. The van der Waals surface area contributed by atoms with Gasteiger partial charge in [0.15, 0.2) is 5.75 Å². The molecule has 21 heavy (non-hydrogen) atoms. The van der Waals surface area contributed by atoms with E-state index in [9.17, 15) is 15.0 Å². The zero-order valence-corrected chi connectivity index (χ0v) is 12.6. The molecule has 2 aromatic carbocycles. The fourth-order valence-corrected chi connectivity index (χ4v) is 2.21. The van der Waals surface area contributed by atoms with Crippen LogP contribution in [0.15, 0.2) is 36.4 Å². The minimum atomic E-state index is -0.404. The first kappa shape index (κ1) is 15.2. The Morgan fingerprint density at radius 2 is 1.86 bits per heavy atom. The van der Waals surface area contributed by atoms with E-state index in [0.29, 0.717) is 6.54 Å². The van der Waals surface area contributed by atoms with Gasteiger partial charge in [-0.1, -0.05) is 35.9 Å². The van der Waals surface area contributed by atoms with Gasteiger partial charge in [-0.05, 0) is 30.2 Å². The van der Waals surface area contributed by atoms with Crippen molar-refractivity contribution in [3.05, 3.63) is 58.1 Å². The molecule has 5 heteroatoms. The van der Waals surface area contributed by atoms with Crippen molar-refractivity contribution < 1.29 is 15.0 Å². The van der Waals surface area contributed by atoms with Crippen molar-refractivity contribution in [2.75, 3.05) is 7.05 Å². The zero-order valence-electron chi connectivity index (χ0n) is 11.8. The molecule has 0 saturated heterocycles. The van der Waals surface area contributed by atoms with Gasteiger partial charge in [0.1, 0.15) is 10.8 Å². The van der Waals surface area contributed by atoms with E-state index in [1.807, 2.05) is 31.2 Å². The second kappa shape index (κ2) is 6.06. The first-order valence-electron chi connectivity index (χ1n) is 6.42. The summed E-state index contributed by atoms with van der Waals surface area (Å²) >= 11 is 5.75. The van der Waals surface area contributed by atoms with Gasteiger partial charge in [0.05, 0.1) is 5.56 Å². The first-order chi connectivity index (χ1) is 9.91. The van der Waals surface area contributed by atoms with E-state index in [2.05, 4.69) is 0 Å². The molecule has 2 aromatic rings. The fraction of sp³-hybridized carbons (Fsp3) is 0.188. The summed E-state index contributed by atoms with van der Waals surface area (Å²) in [4.78, 5) is 13.9. The molecule has 0 fully saturated rings. The van der Waals surface area contributed by atoms with Gasteiger partial charge in [-0.15, -0.1) is 0 Å². The van der Waals surface area contributed by atoms with Gasteiger partial charge in [-0.25, -0.2) is 0 Å². The molecule has 4 nitrogen and oxygen atoms in total. The predicted molar refractivity (Wildman–Crippen MR) is 81.8 cm³/mol. The van der Waals surface area contributed by atoms with Crippen LogP contribution in [0.5, 0.6) is 11.5 Å². The molecule has 2 N–H and O–H groups in total. The molecule has 0 aliphatic heterocycles. The number of benzene rings is 2.